The highest BCUT2D eigenvalue weighted by Gasteiger charge is 2.09. The maximum atomic E-state index is 10.7. The highest BCUT2D eigenvalue weighted by molar-refractivity contribution is 5.87. The number of epoxide rings is 1. The fourth-order valence-corrected chi connectivity index (χ4v) is 2.51. The number of carboxylic acids is 2. The van der Waals surface area contributed by atoms with E-state index < -0.39 is 11.9 Å². The predicted octanol–water partition coefficient (Wildman–Crippen LogP) is 5.90. The average Bonchev–Trinajstić information content (AvgIpc) is 3.69. The topological polar surface area (TPSA) is 87.1 Å². The lowest BCUT2D eigenvalue weighted by Crippen LogP contribution is -2.03. The lowest BCUT2D eigenvalue weighted by molar-refractivity contribution is -0.133. The van der Waals surface area contributed by atoms with E-state index in [2.05, 4.69) is 31.1 Å². The van der Waals surface area contributed by atoms with Crippen LogP contribution < -0.4 is 0 Å². The summed E-state index contributed by atoms with van der Waals surface area (Å²) in [5.41, 5.74) is 4.21. The molecule has 5 nitrogen and oxygen atoms in total. The fraction of sp³-hybridized carbons (Fsp3) is 0.143. The van der Waals surface area contributed by atoms with Crippen molar-refractivity contribution in [3.8, 4) is 0 Å². The molecule has 3 rings (SSSR count). The zero-order chi connectivity index (χ0) is 24.6. The Hall–Kier alpha value is -3.96. The summed E-state index contributed by atoms with van der Waals surface area (Å²) < 4.78 is 4.50. The Labute approximate surface area is 195 Å². The third kappa shape index (κ3) is 11.3. The number of hydrogen-bond acceptors (Lipinski definition) is 3. The molecule has 1 fully saturated rings. The molecule has 1 aliphatic heterocycles. The summed E-state index contributed by atoms with van der Waals surface area (Å²) in [4.78, 5) is 21.1. The van der Waals surface area contributed by atoms with Gasteiger partial charge < -0.3 is 14.9 Å². The molecule has 0 aromatic heterocycles. The number of carbonyl (C=O) groups is 2. The molecular formula is C28H30O5. The molecule has 0 saturated carbocycles. The maximum Gasteiger partial charge on any atom is 0.331 e. The van der Waals surface area contributed by atoms with Crippen LogP contribution in [0.2, 0.25) is 0 Å². The van der Waals surface area contributed by atoms with Gasteiger partial charge in [0.1, 0.15) is 0 Å². The van der Waals surface area contributed by atoms with Crippen LogP contribution in [0.1, 0.15) is 28.7 Å². The van der Waals surface area contributed by atoms with Gasteiger partial charge in [-0.05, 0) is 28.7 Å². The molecule has 0 atom stereocenters. The van der Waals surface area contributed by atoms with Gasteiger partial charge in [0, 0.05) is 17.6 Å². The zero-order valence-corrected chi connectivity index (χ0v) is 18.7. The van der Waals surface area contributed by atoms with Crippen LogP contribution >= 0.6 is 0 Å². The summed E-state index contributed by atoms with van der Waals surface area (Å²) in [6.07, 6.45) is 7.81. The van der Waals surface area contributed by atoms with E-state index in [-0.39, 0.29) is 11.1 Å². The van der Waals surface area contributed by atoms with Crippen molar-refractivity contribution in [2.75, 3.05) is 13.2 Å². The van der Waals surface area contributed by atoms with Gasteiger partial charge >= 0.3 is 11.9 Å². The Morgan fingerprint density at radius 2 is 1.48 bits per heavy atom. The SMILES string of the molecule is C1CO1.C=C(CC=Cc1ccccc1)C(=O)O.C=Cc1cccc(CC(=C)C(=O)O)c1C=C. The molecule has 0 bridgehead atoms. The minimum Gasteiger partial charge on any atom is -0.478 e. The molecule has 2 N–H and O–H groups in total. The maximum absolute atomic E-state index is 10.7. The van der Waals surface area contributed by atoms with Crippen LogP contribution in [0.4, 0.5) is 0 Å². The molecular weight excluding hydrogens is 416 g/mol. The first-order chi connectivity index (χ1) is 15.8. The molecule has 0 unspecified atom stereocenters. The Bertz CT molecular complexity index is 1010. The minimum atomic E-state index is -0.973. The van der Waals surface area contributed by atoms with Gasteiger partial charge in [0.25, 0.3) is 0 Å². The van der Waals surface area contributed by atoms with E-state index in [1.54, 1.807) is 18.2 Å². The van der Waals surface area contributed by atoms with Crippen molar-refractivity contribution < 1.29 is 24.5 Å². The van der Waals surface area contributed by atoms with Crippen LogP contribution in [0.5, 0.6) is 0 Å². The first-order valence-electron chi connectivity index (χ1n) is 10.3. The second-order valence-corrected chi connectivity index (χ2v) is 6.95. The van der Waals surface area contributed by atoms with Gasteiger partial charge in [0.2, 0.25) is 0 Å². The molecule has 1 heterocycles. The first-order valence-corrected chi connectivity index (χ1v) is 10.3. The molecule has 2 aromatic rings. The van der Waals surface area contributed by atoms with Gasteiger partial charge in [-0.25, -0.2) is 9.59 Å². The molecule has 1 saturated heterocycles. The second-order valence-electron chi connectivity index (χ2n) is 6.95. The van der Waals surface area contributed by atoms with Gasteiger partial charge in [-0.3, -0.25) is 0 Å². The van der Waals surface area contributed by atoms with Gasteiger partial charge in [0.15, 0.2) is 0 Å². The van der Waals surface area contributed by atoms with Crippen LogP contribution in [-0.2, 0) is 20.7 Å². The molecule has 172 valence electrons. The van der Waals surface area contributed by atoms with E-state index in [1.807, 2.05) is 54.6 Å². The Kier molecular flexibility index (Phi) is 12.3. The van der Waals surface area contributed by atoms with Crippen LogP contribution in [0, 0.1) is 0 Å². The number of carboxylic acid groups (broad SMARTS) is 2. The standard InChI is InChI=1S/C14H14O2.C12H12O2.C2H4O/c1-4-11-7-6-8-12(13(11)5-2)9-10(3)14(15)16;1-10(12(13)14)6-5-9-11-7-3-2-4-8-11;1-2-3-1/h4-8H,1-3,9H2,(H,15,16);2-5,7-9H,1,6H2,(H,13,14);1-2H2. The molecule has 2 aromatic carbocycles. The third-order valence-corrected chi connectivity index (χ3v) is 4.34. The molecule has 33 heavy (non-hydrogen) atoms. The number of aliphatic carboxylic acids is 2. The van der Waals surface area contributed by atoms with E-state index >= 15 is 0 Å². The quantitative estimate of drug-likeness (QED) is 0.370. The van der Waals surface area contributed by atoms with Crippen molar-refractivity contribution in [1.82, 2.24) is 0 Å². The second kappa shape index (κ2) is 14.9. The number of hydrogen-bond donors (Lipinski definition) is 2. The van der Waals surface area contributed by atoms with Crippen LogP contribution in [0.15, 0.2) is 92.1 Å². The zero-order valence-electron chi connectivity index (χ0n) is 18.7. The monoisotopic (exact) mass is 446 g/mol. The summed E-state index contributed by atoms with van der Waals surface area (Å²) in [7, 11) is 0. The van der Waals surface area contributed by atoms with E-state index in [0.29, 0.717) is 12.8 Å². The van der Waals surface area contributed by atoms with Crippen molar-refractivity contribution in [2.45, 2.75) is 12.8 Å². The van der Waals surface area contributed by atoms with Crippen LogP contribution in [0.25, 0.3) is 18.2 Å². The third-order valence-electron chi connectivity index (χ3n) is 4.34. The normalized spacial score (nSPS) is 11.2. The Balaban J connectivity index is 0.000000293. The molecule has 0 spiro atoms. The lowest BCUT2D eigenvalue weighted by atomic mass is 9.96. The molecule has 0 radical (unpaired) electrons. The van der Waals surface area contributed by atoms with Gasteiger partial charge in [0.05, 0.1) is 13.2 Å². The van der Waals surface area contributed by atoms with Crippen molar-refractivity contribution in [2.24, 2.45) is 0 Å². The minimum absolute atomic E-state index is 0.171. The Morgan fingerprint density at radius 3 is 1.97 bits per heavy atom. The fourth-order valence-electron chi connectivity index (χ4n) is 2.51. The van der Waals surface area contributed by atoms with Crippen molar-refractivity contribution in [1.29, 1.82) is 0 Å². The summed E-state index contributed by atoms with van der Waals surface area (Å²) in [6.45, 7) is 16.4. The predicted molar refractivity (Wildman–Crippen MR) is 135 cm³/mol. The average molecular weight is 447 g/mol. The molecule has 0 amide bonds. The highest BCUT2D eigenvalue weighted by atomic mass is 16.6. The molecule has 1 aliphatic rings. The van der Waals surface area contributed by atoms with Crippen LogP contribution in [0.3, 0.4) is 0 Å². The van der Waals surface area contributed by atoms with E-state index in [0.717, 1.165) is 35.5 Å². The summed E-state index contributed by atoms with van der Waals surface area (Å²) >= 11 is 0. The van der Waals surface area contributed by atoms with Crippen molar-refractivity contribution >= 4 is 30.2 Å². The smallest absolute Gasteiger partial charge is 0.331 e. The van der Waals surface area contributed by atoms with E-state index in [9.17, 15) is 9.59 Å². The highest BCUT2D eigenvalue weighted by Crippen LogP contribution is 2.20. The number of rotatable bonds is 9. The van der Waals surface area contributed by atoms with Crippen LogP contribution in [-0.4, -0.2) is 35.4 Å². The number of benzene rings is 2. The van der Waals surface area contributed by atoms with Gasteiger partial charge in [-0.1, -0.05) is 99.2 Å². The van der Waals surface area contributed by atoms with Gasteiger partial charge in [-0.2, -0.15) is 0 Å². The van der Waals surface area contributed by atoms with Crippen molar-refractivity contribution in [3.63, 3.8) is 0 Å². The summed E-state index contributed by atoms with van der Waals surface area (Å²) in [6, 6.07) is 15.4. The summed E-state index contributed by atoms with van der Waals surface area (Å²) in [5.74, 6) is -1.92. The first kappa shape index (κ1) is 27.1. The largest absolute Gasteiger partial charge is 0.478 e. The van der Waals surface area contributed by atoms with Gasteiger partial charge in [-0.15, -0.1) is 0 Å². The van der Waals surface area contributed by atoms with E-state index in [1.165, 1.54) is 0 Å². The van der Waals surface area contributed by atoms with Crippen molar-refractivity contribution in [3.05, 3.63) is 114 Å². The number of ether oxygens (including phenoxy) is 1. The van der Waals surface area contributed by atoms with E-state index in [4.69, 9.17) is 10.2 Å². The Morgan fingerprint density at radius 1 is 0.879 bits per heavy atom. The lowest BCUT2D eigenvalue weighted by Gasteiger charge is -2.09. The number of allylic oxidation sites excluding steroid dienone is 1. The molecule has 0 aliphatic carbocycles. The summed E-state index contributed by atoms with van der Waals surface area (Å²) in [5, 5.41) is 17.3. The molecule has 5 heteroatoms.